The van der Waals surface area contributed by atoms with Gasteiger partial charge in [0.2, 0.25) is 5.91 Å². The Morgan fingerprint density at radius 1 is 1.27 bits per heavy atom. The number of rotatable bonds is 6. The van der Waals surface area contributed by atoms with Crippen LogP contribution in [0, 0.1) is 0 Å². The maximum Gasteiger partial charge on any atom is 0.235 e. The van der Waals surface area contributed by atoms with Crippen molar-refractivity contribution in [2.75, 3.05) is 11.1 Å². The molecule has 1 fully saturated rings. The smallest absolute Gasteiger partial charge is 0.235 e. The van der Waals surface area contributed by atoms with Gasteiger partial charge >= 0.3 is 0 Å². The number of hydrogen-bond acceptors (Lipinski definition) is 6. The summed E-state index contributed by atoms with van der Waals surface area (Å²) in [5.74, 6) is 1.45. The van der Waals surface area contributed by atoms with E-state index in [0.29, 0.717) is 11.7 Å². The van der Waals surface area contributed by atoms with E-state index in [2.05, 4.69) is 15.5 Å². The fraction of sp³-hybridized carbons (Fsp3) is 0.333. The number of carbonyl (C=O) groups is 1. The molecule has 0 radical (unpaired) electrons. The Kier molecular flexibility index (Phi) is 5.31. The zero-order chi connectivity index (χ0) is 17.8. The number of benzene rings is 1. The van der Waals surface area contributed by atoms with Crippen LogP contribution in [-0.2, 0) is 4.79 Å². The molecule has 1 aliphatic rings. The lowest BCUT2D eigenvalue weighted by atomic mass is 10.0. The van der Waals surface area contributed by atoms with Crippen LogP contribution in [0.2, 0.25) is 0 Å². The molecule has 0 spiro atoms. The second-order valence-corrected chi connectivity index (χ2v) is 8.28. The van der Waals surface area contributed by atoms with E-state index in [1.165, 1.54) is 48.8 Å². The molecule has 0 unspecified atom stereocenters. The average Bonchev–Trinajstić information content (AvgIpc) is 3.42. The largest absolute Gasteiger partial charge is 0.310 e. The van der Waals surface area contributed by atoms with Crippen molar-refractivity contribution in [3.63, 3.8) is 0 Å². The van der Waals surface area contributed by atoms with Gasteiger partial charge in [0.15, 0.2) is 4.34 Å². The zero-order valence-corrected chi connectivity index (χ0v) is 15.8. The number of anilines is 1. The predicted octanol–water partition coefficient (Wildman–Crippen LogP) is 4.11. The Morgan fingerprint density at radius 3 is 2.81 bits per heavy atom. The van der Waals surface area contributed by atoms with Gasteiger partial charge in [0.1, 0.15) is 11.3 Å². The lowest BCUT2D eigenvalue weighted by Crippen LogP contribution is -2.16. The molecule has 6 nitrogen and oxygen atoms in total. The summed E-state index contributed by atoms with van der Waals surface area (Å²) in [6, 6.07) is 11.9. The summed E-state index contributed by atoms with van der Waals surface area (Å²) in [4.78, 5) is 12.4. The summed E-state index contributed by atoms with van der Waals surface area (Å²) in [6.07, 6.45) is 4.85. The third kappa shape index (κ3) is 3.96. The van der Waals surface area contributed by atoms with E-state index in [1.54, 1.807) is 5.51 Å². The first kappa shape index (κ1) is 17.2. The molecule has 4 rings (SSSR count). The quantitative estimate of drug-likeness (QED) is 0.647. The minimum absolute atomic E-state index is 0.0692. The van der Waals surface area contributed by atoms with Gasteiger partial charge in [0, 0.05) is 12.0 Å². The highest BCUT2D eigenvalue weighted by atomic mass is 32.2. The van der Waals surface area contributed by atoms with E-state index in [1.807, 2.05) is 41.1 Å². The minimum atomic E-state index is -0.0692. The molecule has 3 aromatic rings. The summed E-state index contributed by atoms with van der Waals surface area (Å²) < 4.78 is 2.63. The number of nitrogens with zero attached hydrogens (tertiary/aromatic N) is 4. The van der Waals surface area contributed by atoms with Crippen LogP contribution >= 0.6 is 23.1 Å². The molecule has 134 valence electrons. The fourth-order valence-electron chi connectivity index (χ4n) is 3.21. The van der Waals surface area contributed by atoms with E-state index < -0.39 is 0 Å². The Morgan fingerprint density at radius 2 is 2.08 bits per heavy atom. The summed E-state index contributed by atoms with van der Waals surface area (Å²) in [5, 5.41) is 15.6. The number of nitrogens with one attached hydrogen (secondary N) is 1. The fourth-order valence-corrected chi connectivity index (χ4v) is 4.50. The first-order chi connectivity index (χ1) is 12.8. The van der Waals surface area contributed by atoms with Crippen LogP contribution < -0.4 is 5.32 Å². The first-order valence-electron chi connectivity index (χ1n) is 8.64. The van der Waals surface area contributed by atoms with Crippen molar-refractivity contribution in [2.45, 2.75) is 35.9 Å². The molecule has 2 aromatic heterocycles. The highest BCUT2D eigenvalue weighted by Crippen LogP contribution is 2.35. The third-order valence-corrected chi connectivity index (χ3v) is 6.30. The van der Waals surface area contributed by atoms with Crippen LogP contribution in [0.3, 0.4) is 0 Å². The van der Waals surface area contributed by atoms with Crippen molar-refractivity contribution in [3.8, 4) is 5.69 Å². The molecular formula is C18H19N5OS2. The molecule has 1 amide bonds. The van der Waals surface area contributed by atoms with E-state index in [0.717, 1.165) is 21.5 Å². The molecule has 26 heavy (non-hydrogen) atoms. The minimum Gasteiger partial charge on any atom is -0.310 e. The molecule has 1 N–H and O–H groups in total. The molecule has 0 saturated heterocycles. The molecule has 0 atom stereocenters. The second kappa shape index (κ2) is 8.01. The van der Waals surface area contributed by atoms with Gasteiger partial charge in [-0.15, -0.1) is 10.2 Å². The lowest BCUT2D eigenvalue weighted by molar-refractivity contribution is -0.113. The highest BCUT2D eigenvalue weighted by Gasteiger charge is 2.22. The van der Waals surface area contributed by atoms with Crippen LogP contribution in [0.4, 0.5) is 5.82 Å². The van der Waals surface area contributed by atoms with Crippen LogP contribution in [0.5, 0.6) is 0 Å². The zero-order valence-electron chi connectivity index (χ0n) is 14.2. The van der Waals surface area contributed by atoms with Crippen LogP contribution in [0.1, 0.15) is 37.3 Å². The summed E-state index contributed by atoms with van der Waals surface area (Å²) in [5.41, 5.74) is 3.68. The standard InChI is InChI=1S/C18H19N5OS2/c24-17(11-25-18-21-19-12-26-18)20-16-10-15(13-6-4-5-7-13)22-23(16)14-8-2-1-3-9-14/h1-3,8-10,12-13H,4-7,11H2,(H,20,24). The summed E-state index contributed by atoms with van der Waals surface area (Å²) >= 11 is 2.83. The molecule has 0 bridgehead atoms. The van der Waals surface area contributed by atoms with E-state index in [9.17, 15) is 4.79 Å². The molecule has 1 aliphatic carbocycles. The van der Waals surface area contributed by atoms with E-state index in [4.69, 9.17) is 5.10 Å². The number of carbonyl (C=O) groups excluding carboxylic acids is 1. The predicted molar refractivity (Wildman–Crippen MR) is 104 cm³/mol. The molecule has 0 aliphatic heterocycles. The number of amides is 1. The topological polar surface area (TPSA) is 72.7 Å². The van der Waals surface area contributed by atoms with Crippen molar-refractivity contribution in [1.29, 1.82) is 0 Å². The van der Waals surface area contributed by atoms with Crippen molar-refractivity contribution in [3.05, 3.63) is 47.6 Å². The van der Waals surface area contributed by atoms with E-state index >= 15 is 0 Å². The van der Waals surface area contributed by atoms with Crippen molar-refractivity contribution >= 4 is 34.8 Å². The monoisotopic (exact) mass is 385 g/mol. The van der Waals surface area contributed by atoms with Crippen molar-refractivity contribution in [2.24, 2.45) is 0 Å². The summed E-state index contributed by atoms with van der Waals surface area (Å²) in [6.45, 7) is 0. The number of hydrogen-bond donors (Lipinski definition) is 1. The first-order valence-corrected chi connectivity index (χ1v) is 10.5. The Bertz CT molecular complexity index is 857. The van der Waals surface area contributed by atoms with Gasteiger partial charge < -0.3 is 5.32 Å². The van der Waals surface area contributed by atoms with Gasteiger partial charge in [-0.3, -0.25) is 4.79 Å². The van der Waals surface area contributed by atoms with Gasteiger partial charge in [-0.05, 0) is 25.0 Å². The van der Waals surface area contributed by atoms with Crippen molar-refractivity contribution in [1.82, 2.24) is 20.0 Å². The van der Waals surface area contributed by atoms with Gasteiger partial charge in [-0.1, -0.05) is 54.1 Å². The Labute approximate surface area is 160 Å². The van der Waals surface area contributed by atoms with E-state index in [-0.39, 0.29) is 5.91 Å². The Hall–Kier alpha value is -2.19. The number of para-hydroxylation sites is 1. The van der Waals surface area contributed by atoms with Crippen LogP contribution in [-0.4, -0.2) is 31.6 Å². The number of thioether (sulfide) groups is 1. The van der Waals surface area contributed by atoms with Crippen molar-refractivity contribution < 1.29 is 4.79 Å². The highest BCUT2D eigenvalue weighted by molar-refractivity contribution is 8.01. The maximum absolute atomic E-state index is 12.4. The maximum atomic E-state index is 12.4. The lowest BCUT2D eigenvalue weighted by Gasteiger charge is -2.08. The second-order valence-electron chi connectivity index (χ2n) is 6.22. The molecule has 1 saturated carbocycles. The molecule has 8 heteroatoms. The van der Waals surface area contributed by atoms with Gasteiger partial charge in [0.05, 0.1) is 17.1 Å². The normalized spacial score (nSPS) is 14.6. The van der Waals surface area contributed by atoms with Gasteiger partial charge in [-0.2, -0.15) is 5.10 Å². The molecule has 1 aromatic carbocycles. The molecular weight excluding hydrogens is 366 g/mol. The SMILES string of the molecule is O=C(CSc1nncs1)Nc1cc(C2CCCC2)nn1-c1ccccc1. The van der Waals surface area contributed by atoms with Gasteiger partial charge in [-0.25, -0.2) is 4.68 Å². The van der Waals surface area contributed by atoms with Crippen LogP contribution in [0.25, 0.3) is 5.69 Å². The summed E-state index contributed by atoms with van der Waals surface area (Å²) in [7, 11) is 0. The molecule has 2 heterocycles. The van der Waals surface area contributed by atoms with Crippen LogP contribution in [0.15, 0.2) is 46.2 Å². The Balaban J connectivity index is 1.54. The van der Waals surface area contributed by atoms with Gasteiger partial charge in [0.25, 0.3) is 0 Å². The number of aromatic nitrogens is 4. The average molecular weight is 386 g/mol. The third-order valence-electron chi connectivity index (χ3n) is 4.44.